The predicted molar refractivity (Wildman–Crippen MR) is 49.8 cm³/mol. The van der Waals surface area contributed by atoms with E-state index in [0.29, 0.717) is 0 Å². The highest BCUT2D eigenvalue weighted by Crippen LogP contribution is 2.24. The standard InChI is InChI=1S/C8H11BrO5/c1-3-12-7(11)6(10)5(9)8-13-4(2)14-8/h4-5,8H,3H2,1-2H3. The summed E-state index contributed by atoms with van der Waals surface area (Å²) in [5, 5.41) is 0. The van der Waals surface area contributed by atoms with E-state index in [0.717, 1.165) is 0 Å². The van der Waals surface area contributed by atoms with Gasteiger partial charge in [0.05, 0.1) is 6.61 Å². The number of Topliss-reactive ketones (excluding diaryl/α,β-unsaturated/α-hetero) is 1. The van der Waals surface area contributed by atoms with E-state index in [1.54, 1.807) is 13.8 Å². The number of esters is 1. The molecule has 0 N–H and O–H groups in total. The molecule has 1 atom stereocenters. The van der Waals surface area contributed by atoms with Crippen molar-refractivity contribution in [3.05, 3.63) is 0 Å². The molecule has 1 aliphatic rings. The van der Waals surface area contributed by atoms with E-state index in [9.17, 15) is 9.59 Å². The highest BCUT2D eigenvalue weighted by atomic mass is 79.9. The van der Waals surface area contributed by atoms with Gasteiger partial charge in [-0.3, -0.25) is 4.79 Å². The minimum atomic E-state index is -0.874. The molecule has 0 amide bonds. The Morgan fingerprint density at radius 3 is 2.50 bits per heavy atom. The fourth-order valence-electron chi connectivity index (χ4n) is 0.964. The van der Waals surface area contributed by atoms with Crippen molar-refractivity contribution < 1.29 is 23.8 Å². The Morgan fingerprint density at radius 2 is 2.07 bits per heavy atom. The number of rotatable bonds is 4. The fourth-order valence-corrected chi connectivity index (χ4v) is 1.40. The van der Waals surface area contributed by atoms with Crippen molar-refractivity contribution in [2.45, 2.75) is 31.3 Å². The molecule has 1 saturated heterocycles. The Labute approximate surface area is 89.8 Å². The number of ether oxygens (including phenoxy) is 3. The normalized spacial score (nSPS) is 27.6. The maximum atomic E-state index is 11.3. The van der Waals surface area contributed by atoms with Crippen molar-refractivity contribution in [3.63, 3.8) is 0 Å². The van der Waals surface area contributed by atoms with Crippen molar-refractivity contribution in [3.8, 4) is 0 Å². The molecule has 0 aromatic heterocycles. The van der Waals surface area contributed by atoms with Crippen LogP contribution >= 0.6 is 15.9 Å². The third-order valence-corrected chi connectivity index (χ3v) is 2.47. The lowest BCUT2D eigenvalue weighted by atomic mass is 10.2. The number of hydrogen-bond donors (Lipinski definition) is 0. The monoisotopic (exact) mass is 266 g/mol. The highest BCUT2D eigenvalue weighted by Gasteiger charge is 2.40. The number of hydrogen-bond acceptors (Lipinski definition) is 5. The van der Waals surface area contributed by atoms with Gasteiger partial charge in [-0.05, 0) is 13.8 Å². The van der Waals surface area contributed by atoms with Crippen molar-refractivity contribution in [1.82, 2.24) is 0 Å². The lowest BCUT2D eigenvalue weighted by molar-refractivity contribution is -0.370. The van der Waals surface area contributed by atoms with E-state index < -0.39 is 22.9 Å². The quantitative estimate of drug-likeness (QED) is 0.424. The Balaban J connectivity index is 2.40. The topological polar surface area (TPSA) is 61.8 Å². The van der Waals surface area contributed by atoms with E-state index in [4.69, 9.17) is 9.47 Å². The average molecular weight is 267 g/mol. The minimum absolute atomic E-state index is 0.174. The van der Waals surface area contributed by atoms with Gasteiger partial charge in [-0.15, -0.1) is 0 Å². The first-order chi connectivity index (χ1) is 6.56. The maximum absolute atomic E-state index is 11.3. The smallest absolute Gasteiger partial charge is 0.376 e. The second kappa shape index (κ2) is 4.86. The Morgan fingerprint density at radius 1 is 1.50 bits per heavy atom. The molecule has 0 bridgehead atoms. The van der Waals surface area contributed by atoms with Crippen LogP contribution in [0.5, 0.6) is 0 Å². The maximum Gasteiger partial charge on any atom is 0.376 e. The molecule has 0 aliphatic carbocycles. The van der Waals surface area contributed by atoms with Crippen LogP contribution in [-0.2, 0) is 23.8 Å². The molecule has 80 valence electrons. The average Bonchev–Trinajstić information content (AvgIpc) is 2.11. The number of halogens is 1. The van der Waals surface area contributed by atoms with Crippen LogP contribution in [0.15, 0.2) is 0 Å². The van der Waals surface area contributed by atoms with Crippen LogP contribution < -0.4 is 0 Å². The number of carbonyl (C=O) groups is 2. The fraction of sp³-hybridized carbons (Fsp3) is 0.750. The summed E-state index contributed by atoms with van der Waals surface area (Å²) in [6, 6.07) is 0. The Kier molecular flexibility index (Phi) is 4.03. The Bertz CT molecular complexity index is 236. The second-order valence-corrected chi connectivity index (χ2v) is 3.68. The first-order valence-corrected chi connectivity index (χ1v) is 5.13. The molecule has 0 spiro atoms. The van der Waals surface area contributed by atoms with E-state index in [-0.39, 0.29) is 12.9 Å². The SMILES string of the molecule is CCOC(=O)C(=O)C(Br)C1OC(C)O1. The molecule has 1 unspecified atom stereocenters. The van der Waals surface area contributed by atoms with Crippen molar-refractivity contribution >= 4 is 27.7 Å². The first kappa shape index (κ1) is 11.6. The van der Waals surface area contributed by atoms with Crippen LogP contribution in [0.2, 0.25) is 0 Å². The number of carbonyl (C=O) groups excluding carboxylic acids is 2. The van der Waals surface area contributed by atoms with Gasteiger partial charge in [0.25, 0.3) is 5.78 Å². The summed E-state index contributed by atoms with van der Waals surface area (Å²) in [5.41, 5.74) is 0. The van der Waals surface area contributed by atoms with Crippen molar-refractivity contribution in [1.29, 1.82) is 0 Å². The summed E-state index contributed by atoms with van der Waals surface area (Å²) in [6.45, 7) is 3.50. The van der Waals surface area contributed by atoms with Crippen LogP contribution in [0, 0.1) is 0 Å². The predicted octanol–water partition coefficient (Wildman–Crippen LogP) is 0.601. The highest BCUT2D eigenvalue weighted by molar-refractivity contribution is 9.10. The van der Waals surface area contributed by atoms with Crippen molar-refractivity contribution in [2.24, 2.45) is 0 Å². The molecule has 0 aromatic carbocycles. The van der Waals surface area contributed by atoms with Gasteiger partial charge in [0.1, 0.15) is 4.83 Å². The Hall–Kier alpha value is -0.460. The lowest BCUT2D eigenvalue weighted by Crippen LogP contribution is -2.49. The van der Waals surface area contributed by atoms with E-state index >= 15 is 0 Å². The van der Waals surface area contributed by atoms with Crippen molar-refractivity contribution in [2.75, 3.05) is 6.61 Å². The van der Waals surface area contributed by atoms with Crippen LogP contribution in [0.25, 0.3) is 0 Å². The van der Waals surface area contributed by atoms with E-state index in [2.05, 4.69) is 20.7 Å². The molecule has 1 heterocycles. The molecule has 1 aliphatic heterocycles. The molecular weight excluding hydrogens is 256 g/mol. The number of alkyl halides is 1. The molecule has 5 nitrogen and oxygen atoms in total. The van der Waals surface area contributed by atoms with Crippen LogP contribution in [-0.4, -0.2) is 35.8 Å². The zero-order chi connectivity index (χ0) is 10.7. The zero-order valence-electron chi connectivity index (χ0n) is 7.86. The van der Waals surface area contributed by atoms with E-state index in [1.165, 1.54) is 0 Å². The van der Waals surface area contributed by atoms with E-state index in [1.807, 2.05) is 0 Å². The number of ketones is 1. The summed E-state index contributed by atoms with van der Waals surface area (Å²) in [5.74, 6) is -1.56. The van der Waals surface area contributed by atoms with Gasteiger partial charge in [-0.1, -0.05) is 15.9 Å². The first-order valence-electron chi connectivity index (χ1n) is 4.22. The summed E-state index contributed by atoms with van der Waals surface area (Å²) in [6.07, 6.45) is -1.02. The van der Waals surface area contributed by atoms with Gasteiger partial charge < -0.3 is 14.2 Å². The molecular formula is C8H11BrO5. The third-order valence-electron chi connectivity index (χ3n) is 1.62. The van der Waals surface area contributed by atoms with Gasteiger partial charge in [0.2, 0.25) is 0 Å². The van der Waals surface area contributed by atoms with Gasteiger partial charge in [0.15, 0.2) is 12.6 Å². The summed E-state index contributed by atoms with van der Waals surface area (Å²) in [4.78, 5) is 21.5. The second-order valence-electron chi connectivity index (χ2n) is 2.69. The summed E-state index contributed by atoms with van der Waals surface area (Å²) < 4.78 is 14.6. The van der Waals surface area contributed by atoms with Gasteiger partial charge in [0, 0.05) is 0 Å². The summed E-state index contributed by atoms with van der Waals surface area (Å²) >= 11 is 3.02. The van der Waals surface area contributed by atoms with Crippen LogP contribution in [0.4, 0.5) is 0 Å². The largest absolute Gasteiger partial charge is 0.460 e. The van der Waals surface area contributed by atoms with Gasteiger partial charge in [-0.25, -0.2) is 4.79 Å². The lowest BCUT2D eigenvalue weighted by Gasteiger charge is -2.35. The minimum Gasteiger partial charge on any atom is -0.460 e. The molecule has 0 radical (unpaired) electrons. The third kappa shape index (κ3) is 2.52. The van der Waals surface area contributed by atoms with Crippen LogP contribution in [0.1, 0.15) is 13.8 Å². The molecule has 1 rings (SSSR count). The molecule has 6 heteroatoms. The molecule has 0 aromatic rings. The molecule has 1 fully saturated rings. The van der Waals surface area contributed by atoms with Gasteiger partial charge >= 0.3 is 5.97 Å². The summed E-state index contributed by atoms with van der Waals surface area (Å²) in [7, 11) is 0. The molecule has 14 heavy (non-hydrogen) atoms. The van der Waals surface area contributed by atoms with Gasteiger partial charge in [-0.2, -0.15) is 0 Å². The van der Waals surface area contributed by atoms with Crippen LogP contribution in [0.3, 0.4) is 0 Å². The molecule has 0 saturated carbocycles. The zero-order valence-corrected chi connectivity index (χ0v) is 9.44.